The van der Waals surface area contributed by atoms with Crippen molar-refractivity contribution in [2.24, 2.45) is 15.1 Å². The molecule has 1 N–H and O–H groups in total. The summed E-state index contributed by atoms with van der Waals surface area (Å²) in [6.07, 6.45) is 9.46. The van der Waals surface area contributed by atoms with Gasteiger partial charge in [0.05, 0.1) is 17.0 Å². The average molecular weight is 272 g/mol. The number of carbonyl (C=O) groups excluding carboxylic acids is 1. The van der Waals surface area contributed by atoms with Gasteiger partial charge in [-0.2, -0.15) is 5.10 Å². The first-order valence-corrected chi connectivity index (χ1v) is 6.02. The minimum Gasteiger partial charge on any atom is -0.296 e. The molecule has 0 heterocycles. The second-order valence-corrected chi connectivity index (χ2v) is 3.56. The fourth-order valence-corrected chi connectivity index (χ4v) is 1.21. The molecule has 0 aliphatic carbocycles. The Labute approximate surface area is 119 Å². The summed E-state index contributed by atoms with van der Waals surface area (Å²) >= 11 is 0. The third-order valence-corrected chi connectivity index (χ3v) is 2.07. The van der Waals surface area contributed by atoms with E-state index < -0.39 is 0 Å². The SMILES string of the molecule is C=C/C=C(\N=C/C)C(/C)=N/NC(=O)C(/C=N\C)=C/C=C. The van der Waals surface area contributed by atoms with Gasteiger partial charge in [0.2, 0.25) is 0 Å². The maximum atomic E-state index is 11.9. The molecule has 0 aromatic heterocycles. The minimum atomic E-state index is -0.367. The lowest BCUT2D eigenvalue weighted by atomic mass is 10.2. The molecule has 0 unspecified atom stereocenters. The van der Waals surface area contributed by atoms with Crippen LogP contribution in [0.1, 0.15) is 13.8 Å². The van der Waals surface area contributed by atoms with Crippen LogP contribution in [0, 0.1) is 0 Å². The second-order valence-electron chi connectivity index (χ2n) is 3.56. The van der Waals surface area contributed by atoms with Crippen molar-refractivity contribution in [3.8, 4) is 0 Å². The van der Waals surface area contributed by atoms with Gasteiger partial charge in [-0.3, -0.25) is 14.8 Å². The van der Waals surface area contributed by atoms with E-state index in [4.69, 9.17) is 0 Å². The number of hydrogen-bond acceptors (Lipinski definition) is 4. The quantitative estimate of drug-likeness (QED) is 0.329. The van der Waals surface area contributed by atoms with E-state index in [2.05, 4.69) is 33.7 Å². The molecule has 0 fully saturated rings. The van der Waals surface area contributed by atoms with Gasteiger partial charge in [-0.05, 0) is 26.0 Å². The molecule has 0 radical (unpaired) electrons. The van der Waals surface area contributed by atoms with Crippen LogP contribution in [0.25, 0.3) is 0 Å². The van der Waals surface area contributed by atoms with Crippen LogP contribution in [-0.2, 0) is 4.79 Å². The Balaban J connectivity index is 5.04. The fourth-order valence-electron chi connectivity index (χ4n) is 1.21. The Morgan fingerprint density at radius 1 is 1.20 bits per heavy atom. The third kappa shape index (κ3) is 6.39. The predicted molar refractivity (Wildman–Crippen MR) is 86.4 cm³/mol. The van der Waals surface area contributed by atoms with Gasteiger partial charge >= 0.3 is 0 Å². The molecule has 0 rings (SSSR count). The van der Waals surface area contributed by atoms with Crippen molar-refractivity contribution in [2.45, 2.75) is 13.8 Å². The van der Waals surface area contributed by atoms with E-state index in [9.17, 15) is 4.79 Å². The van der Waals surface area contributed by atoms with Crippen LogP contribution in [0.15, 0.2) is 63.8 Å². The van der Waals surface area contributed by atoms with Gasteiger partial charge in [0, 0.05) is 19.5 Å². The number of hydrogen-bond donors (Lipinski definition) is 1. The summed E-state index contributed by atoms with van der Waals surface area (Å²) in [6, 6.07) is 0. The Hall–Kier alpha value is -2.56. The second kappa shape index (κ2) is 10.4. The molecule has 0 bridgehead atoms. The molecular formula is C15H20N4O. The zero-order valence-electron chi connectivity index (χ0n) is 12.1. The molecule has 0 saturated heterocycles. The highest BCUT2D eigenvalue weighted by Crippen LogP contribution is 2.00. The lowest BCUT2D eigenvalue weighted by Gasteiger charge is -2.03. The molecule has 0 saturated carbocycles. The van der Waals surface area contributed by atoms with E-state index in [0.717, 1.165) is 0 Å². The van der Waals surface area contributed by atoms with E-state index in [1.165, 1.54) is 12.3 Å². The van der Waals surface area contributed by atoms with Crippen LogP contribution in [0.2, 0.25) is 0 Å². The Kier molecular flexibility index (Phi) is 9.04. The van der Waals surface area contributed by atoms with Crippen molar-refractivity contribution >= 4 is 24.0 Å². The lowest BCUT2D eigenvalue weighted by molar-refractivity contribution is -0.116. The first kappa shape index (κ1) is 17.4. The summed E-state index contributed by atoms with van der Waals surface area (Å²) in [7, 11) is 1.58. The highest BCUT2D eigenvalue weighted by Gasteiger charge is 2.05. The van der Waals surface area contributed by atoms with Gasteiger partial charge < -0.3 is 0 Å². The van der Waals surface area contributed by atoms with Crippen molar-refractivity contribution in [3.05, 3.63) is 48.7 Å². The fraction of sp³-hybridized carbons (Fsp3) is 0.200. The summed E-state index contributed by atoms with van der Waals surface area (Å²) < 4.78 is 0. The number of carbonyl (C=O) groups is 1. The van der Waals surface area contributed by atoms with Gasteiger partial charge in [0.1, 0.15) is 0 Å². The van der Waals surface area contributed by atoms with Crippen molar-refractivity contribution in [1.82, 2.24) is 5.43 Å². The molecule has 0 spiro atoms. The van der Waals surface area contributed by atoms with Gasteiger partial charge in [-0.15, -0.1) is 0 Å². The van der Waals surface area contributed by atoms with Crippen LogP contribution in [0.5, 0.6) is 0 Å². The topological polar surface area (TPSA) is 66.2 Å². The molecule has 0 aromatic carbocycles. The zero-order chi connectivity index (χ0) is 15.4. The Morgan fingerprint density at radius 2 is 1.85 bits per heavy atom. The first-order chi connectivity index (χ1) is 9.60. The highest BCUT2D eigenvalue weighted by atomic mass is 16.2. The number of nitrogens with zero attached hydrogens (tertiary/aromatic N) is 3. The minimum absolute atomic E-state index is 0.367. The maximum Gasteiger partial charge on any atom is 0.272 e. The van der Waals surface area contributed by atoms with Crippen LogP contribution in [-0.4, -0.2) is 31.1 Å². The number of aliphatic imine (C=N–C) groups is 2. The Morgan fingerprint density at radius 3 is 2.35 bits per heavy atom. The smallest absolute Gasteiger partial charge is 0.272 e. The molecule has 20 heavy (non-hydrogen) atoms. The van der Waals surface area contributed by atoms with E-state index in [0.29, 0.717) is 17.0 Å². The number of rotatable bonds is 7. The normalized spacial score (nSPS) is 13.8. The van der Waals surface area contributed by atoms with Gasteiger partial charge in [-0.25, -0.2) is 5.43 Å². The summed E-state index contributed by atoms with van der Waals surface area (Å²) in [6.45, 7) is 10.7. The lowest BCUT2D eigenvalue weighted by Crippen LogP contribution is -2.22. The van der Waals surface area contributed by atoms with Crippen LogP contribution < -0.4 is 5.43 Å². The van der Waals surface area contributed by atoms with Crippen molar-refractivity contribution in [3.63, 3.8) is 0 Å². The van der Waals surface area contributed by atoms with Crippen LogP contribution >= 0.6 is 0 Å². The summed E-state index contributed by atoms with van der Waals surface area (Å²) in [5.41, 5.74) is 4.01. The van der Waals surface area contributed by atoms with Gasteiger partial charge in [-0.1, -0.05) is 25.3 Å². The first-order valence-electron chi connectivity index (χ1n) is 6.02. The molecule has 1 amide bonds. The molecule has 0 aliphatic heterocycles. The summed E-state index contributed by atoms with van der Waals surface area (Å²) in [5, 5.41) is 4.00. The highest BCUT2D eigenvalue weighted by molar-refractivity contribution is 6.12. The van der Waals surface area contributed by atoms with Crippen molar-refractivity contribution in [1.29, 1.82) is 0 Å². The number of hydrazone groups is 1. The Bertz CT molecular complexity index is 508. The van der Waals surface area contributed by atoms with Crippen LogP contribution in [0.3, 0.4) is 0 Å². The number of nitrogens with one attached hydrogen (secondary N) is 1. The molecular weight excluding hydrogens is 252 g/mol. The monoisotopic (exact) mass is 272 g/mol. The van der Waals surface area contributed by atoms with Crippen molar-refractivity contribution in [2.75, 3.05) is 7.05 Å². The van der Waals surface area contributed by atoms with E-state index in [-0.39, 0.29) is 5.91 Å². The molecule has 0 atom stereocenters. The van der Waals surface area contributed by atoms with Gasteiger partial charge in [0.25, 0.3) is 5.91 Å². The molecule has 5 heteroatoms. The largest absolute Gasteiger partial charge is 0.296 e. The zero-order valence-corrected chi connectivity index (χ0v) is 12.1. The molecule has 106 valence electrons. The third-order valence-electron chi connectivity index (χ3n) is 2.07. The van der Waals surface area contributed by atoms with Gasteiger partial charge in [0.15, 0.2) is 0 Å². The average Bonchev–Trinajstić information content (AvgIpc) is 2.44. The van der Waals surface area contributed by atoms with E-state index in [1.54, 1.807) is 45.3 Å². The van der Waals surface area contributed by atoms with E-state index >= 15 is 0 Å². The predicted octanol–water partition coefficient (Wildman–Crippen LogP) is 2.45. The molecule has 0 aliphatic rings. The standard InChI is InChI=1S/C15H20N4O/c1-6-9-13(11-16-5)15(20)19-18-12(4)14(10-7-2)17-8-3/h6-11H,1-2H2,3-5H3,(H,19,20)/b13-9+,14-10-,16-11-,17-8-,18-12+. The number of amides is 1. The number of allylic oxidation sites excluding steroid dienone is 5. The van der Waals surface area contributed by atoms with Crippen LogP contribution in [0.4, 0.5) is 0 Å². The van der Waals surface area contributed by atoms with E-state index in [1.807, 2.05) is 0 Å². The summed E-state index contributed by atoms with van der Waals surface area (Å²) in [4.78, 5) is 19.8. The summed E-state index contributed by atoms with van der Waals surface area (Å²) in [5.74, 6) is -0.367. The maximum absolute atomic E-state index is 11.9. The molecule has 0 aromatic rings. The molecule has 5 nitrogen and oxygen atoms in total. The van der Waals surface area contributed by atoms with Crippen molar-refractivity contribution < 1.29 is 4.79 Å².